The Morgan fingerprint density at radius 2 is 2.05 bits per heavy atom. The monoisotopic (exact) mass is 293 g/mol. The fraction of sp³-hybridized carbons (Fsp3) is 0.438. The lowest BCUT2D eigenvalue weighted by atomic mass is 10.1. The highest BCUT2D eigenvalue weighted by atomic mass is 19.1. The van der Waals surface area contributed by atoms with Gasteiger partial charge in [-0.1, -0.05) is 11.8 Å². The number of halogens is 1. The van der Waals surface area contributed by atoms with Gasteiger partial charge in [0.2, 0.25) is 0 Å². The van der Waals surface area contributed by atoms with Crippen LogP contribution in [0, 0.1) is 17.7 Å². The smallest absolute Gasteiger partial charge is 0.256 e. The fourth-order valence-electron chi connectivity index (χ4n) is 1.85. The molecule has 1 rings (SSSR count). The fourth-order valence-corrected chi connectivity index (χ4v) is 1.85. The number of hydrogen-bond donors (Lipinski definition) is 2. The molecule has 21 heavy (non-hydrogen) atoms. The Kier molecular flexibility index (Phi) is 7.44. The third-order valence-electron chi connectivity index (χ3n) is 3.01. The Morgan fingerprint density at radius 3 is 2.67 bits per heavy atom. The summed E-state index contributed by atoms with van der Waals surface area (Å²) in [6.07, 6.45) is 2.30. The molecule has 0 aliphatic carbocycles. The average Bonchev–Trinajstić information content (AvgIpc) is 2.48. The van der Waals surface area contributed by atoms with Crippen LogP contribution in [0.5, 0.6) is 0 Å². The van der Waals surface area contributed by atoms with Crippen molar-refractivity contribution in [2.45, 2.75) is 19.3 Å². The second kappa shape index (κ2) is 9.11. The van der Waals surface area contributed by atoms with Crippen LogP contribution in [0.4, 0.5) is 4.39 Å². The van der Waals surface area contributed by atoms with Crippen molar-refractivity contribution in [3.63, 3.8) is 0 Å². The first-order valence-corrected chi connectivity index (χ1v) is 6.85. The molecule has 0 saturated carbocycles. The predicted octanol–water partition coefficient (Wildman–Crippen LogP) is 1.40. The number of aliphatic hydroxyl groups excluding tert-OH is 2. The van der Waals surface area contributed by atoms with E-state index in [-0.39, 0.29) is 24.7 Å². The molecule has 1 aromatic rings. The van der Waals surface area contributed by atoms with Crippen LogP contribution in [0.25, 0.3) is 0 Å². The Hall–Kier alpha value is -1.90. The summed E-state index contributed by atoms with van der Waals surface area (Å²) in [5.41, 5.74) is 0.429. The number of benzene rings is 1. The summed E-state index contributed by atoms with van der Waals surface area (Å²) in [5.74, 6) is 4.02. The van der Waals surface area contributed by atoms with E-state index in [9.17, 15) is 9.18 Å². The third-order valence-corrected chi connectivity index (χ3v) is 3.01. The van der Waals surface area contributed by atoms with Gasteiger partial charge in [0.15, 0.2) is 0 Å². The third kappa shape index (κ3) is 5.54. The molecular weight excluding hydrogens is 273 g/mol. The second-order valence-electron chi connectivity index (χ2n) is 4.67. The first kappa shape index (κ1) is 17.2. The van der Waals surface area contributed by atoms with E-state index < -0.39 is 5.82 Å². The van der Waals surface area contributed by atoms with E-state index in [4.69, 9.17) is 10.2 Å². The molecule has 1 amide bonds. The zero-order chi connectivity index (χ0) is 15.7. The molecule has 4 nitrogen and oxygen atoms in total. The van der Waals surface area contributed by atoms with Crippen molar-refractivity contribution in [3.8, 4) is 11.8 Å². The minimum absolute atomic E-state index is 0.00852. The van der Waals surface area contributed by atoms with Crippen LogP contribution in [-0.4, -0.2) is 47.8 Å². The summed E-state index contributed by atoms with van der Waals surface area (Å²) in [5, 5.41) is 17.3. The average molecular weight is 293 g/mol. The van der Waals surface area contributed by atoms with E-state index in [1.807, 2.05) is 0 Å². The van der Waals surface area contributed by atoms with Crippen molar-refractivity contribution in [2.24, 2.45) is 0 Å². The van der Waals surface area contributed by atoms with Crippen molar-refractivity contribution in [1.82, 2.24) is 4.90 Å². The first-order chi connectivity index (χ1) is 10.1. The molecule has 2 N–H and O–H groups in total. The Labute approximate surface area is 124 Å². The predicted molar refractivity (Wildman–Crippen MR) is 78.3 cm³/mol. The topological polar surface area (TPSA) is 60.8 Å². The molecule has 0 unspecified atom stereocenters. The van der Waals surface area contributed by atoms with Gasteiger partial charge in [-0.2, -0.15) is 0 Å². The highest BCUT2D eigenvalue weighted by molar-refractivity contribution is 5.94. The number of amides is 1. The van der Waals surface area contributed by atoms with Gasteiger partial charge >= 0.3 is 0 Å². The lowest BCUT2D eigenvalue weighted by Crippen LogP contribution is -2.28. The molecular formula is C16H20FNO3. The molecule has 0 aromatic heterocycles. The Morgan fingerprint density at radius 1 is 1.29 bits per heavy atom. The van der Waals surface area contributed by atoms with Gasteiger partial charge in [-0.25, -0.2) is 4.39 Å². The number of unbranched alkanes of at least 4 members (excludes halogenated alkanes) is 2. The normalized spacial score (nSPS) is 9.90. The largest absolute Gasteiger partial charge is 0.396 e. The number of carbonyl (C=O) groups excluding carboxylic acids is 1. The lowest BCUT2D eigenvalue weighted by molar-refractivity contribution is 0.0787. The molecule has 0 radical (unpaired) electrons. The van der Waals surface area contributed by atoms with E-state index in [0.717, 1.165) is 12.8 Å². The molecule has 0 spiro atoms. The van der Waals surface area contributed by atoms with E-state index in [2.05, 4.69) is 11.8 Å². The lowest BCUT2D eigenvalue weighted by Gasteiger charge is -2.17. The van der Waals surface area contributed by atoms with Gasteiger partial charge in [0.1, 0.15) is 12.4 Å². The van der Waals surface area contributed by atoms with Gasteiger partial charge in [-0.05, 0) is 37.5 Å². The molecule has 1 aromatic carbocycles. The molecule has 0 saturated heterocycles. The maximum absolute atomic E-state index is 13.9. The highest BCUT2D eigenvalue weighted by Crippen LogP contribution is 2.12. The molecule has 5 heteroatoms. The van der Waals surface area contributed by atoms with E-state index in [0.29, 0.717) is 18.5 Å². The van der Waals surface area contributed by atoms with Crippen LogP contribution < -0.4 is 0 Å². The minimum atomic E-state index is -0.619. The van der Waals surface area contributed by atoms with Crippen molar-refractivity contribution < 1.29 is 19.4 Å². The van der Waals surface area contributed by atoms with E-state index >= 15 is 0 Å². The first-order valence-electron chi connectivity index (χ1n) is 6.85. The summed E-state index contributed by atoms with van der Waals surface area (Å²) >= 11 is 0. The second-order valence-corrected chi connectivity index (χ2v) is 4.67. The number of aliphatic hydroxyl groups is 2. The number of carbonyl (C=O) groups is 1. The Bertz CT molecular complexity index is 534. The zero-order valence-electron chi connectivity index (χ0n) is 12.1. The van der Waals surface area contributed by atoms with Crippen molar-refractivity contribution >= 4 is 5.91 Å². The molecule has 0 fully saturated rings. The van der Waals surface area contributed by atoms with Gasteiger partial charge in [-0.15, -0.1) is 0 Å². The minimum Gasteiger partial charge on any atom is -0.396 e. The van der Waals surface area contributed by atoms with E-state index in [1.54, 1.807) is 13.1 Å². The standard InChI is InChI=1S/C16H20FNO3/c1-18(9-3-2-4-10-19)16(21)14-8-7-13(6-5-11-20)12-15(14)17/h7-8,12,19-20H,2-4,9-11H2,1H3. The number of rotatable bonds is 6. The maximum atomic E-state index is 13.9. The maximum Gasteiger partial charge on any atom is 0.256 e. The van der Waals surface area contributed by atoms with Gasteiger partial charge < -0.3 is 15.1 Å². The van der Waals surface area contributed by atoms with Gasteiger partial charge in [0.25, 0.3) is 5.91 Å². The molecule has 0 bridgehead atoms. The van der Waals surface area contributed by atoms with Crippen molar-refractivity contribution in [3.05, 3.63) is 35.1 Å². The molecule has 0 aliphatic rings. The summed E-state index contributed by atoms with van der Waals surface area (Å²) in [4.78, 5) is 13.6. The number of hydrogen-bond acceptors (Lipinski definition) is 3. The van der Waals surface area contributed by atoms with Crippen molar-refractivity contribution in [1.29, 1.82) is 0 Å². The van der Waals surface area contributed by atoms with Gasteiger partial charge in [0, 0.05) is 25.8 Å². The van der Waals surface area contributed by atoms with Crippen LogP contribution in [0.2, 0.25) is 0 Å². The van der Waals surface area contributed by atoms with Crippen LogP contribution in [0.3, 0.4) is 0 Å². The SMILES string of the molecule is CN(CCCCCO)C(=O)c1ccc(C#CCO)cc1F. The zero-order valence-corrected chi connectivity index (χ0v) is 12.1. The van der Waals surface area contributed by atoms with Crippen LogP contribution in [0.1, 0.15) is 35.2 Å². The summed E-state index contributed by atoms with van der Waals surface area (Å²) in [7, 11) is 1.63. The van der Waals surface area contributed by atoms with Gasteiger partial charge in [0.05, 0.1) is 5.56 Å². The van der Waals surface area contributed by atoms with Crippen molar-refractivity contribution in [2.75, 3.05) is 26.8 Å². The summed E-state index contributed by atoms with van der Waals surface area (Å²) in [6.45, 7) is 0.367. The molecule has 114 valence electrons. The van der Waals surface area contributed by atoms with Gasteiger partial charge in [-0.3, -0.25) is 4.79 Å². The van der Waals surface area contributed by atoms with E-state index in [1.165, 1.54) is 17.0 Å². The molecule has 0 heterocycles. The molecule has 0 aliphatic heterocycles. The molecule has 0 atom stereocenters. The highest BCUT2D eigenvalue weighted by Gasteiger charge is 2.15. The Balaban J connectivity index is 2.69. The summed E-state index contributed by atoms with van der Waals surface area (Å²) < 4.78 is 13.9. The van der Waals surface area contributed by atoms with Crippen LogP contribution in [0.15, 0.2) is 18.2 Å². The quantitative estimate of drug-likeness (QED) is 0.616. The van der Waals surface area contributed by atoms with Crippen LogP contribution in [-0.2, 0) is 0 Å². The summed E-state index contributed by atoms with van der Waals surface area (Å²) in [6, 6.07) is 4.15. The number of nitrogens with zero attached hydrogens (tertiary/aromatic N) is 1. The van der Waals surface area contributed by atoms with Crippen LogP contribution >= 0.6 is 0 Å².